The van der Waals surface area contributed by atoms with Crippen LogP contribution in [0.1, 0.15) is 35.9 Å². The van der Waals surface area contributed by atoms with Crippen LogP contribution in [0.2, 0.25) is 0 Å². The van der Waals surface area contributed by atoms with E-state index in [-0.39, 0.29) is 6.61 Å². The highest BCUT2D eigenvalue weighted by Gasteiger charge is 2.30. The van der Waals surface area contributed by atoms with E-state index in [0.717, 1.165) is 24.1 Å². The second-order valence-corrected chi connectivity index (χ2v) is 7.06. The average Bonchev–Trinajstić information content (AvgIpc) is 3.12. The zero-order valence-corrected chi connectivity index (χ0v) is 17.5. The summed E-state index contributed by atoms with van der Waals surface area (Å²) in [7, 11) is 0. The number of nitrogens with zero attached hydrogens (tertiary/aromatic N) is 3. The molecule has 2 aromatic carbocycles. The Bertz CT molecular complexity index is 1080. The number of aliphatic carboxylic acids is 1. The van der Waals surface area contributed by atoms with E-state index in [1.54, 1.807) is 25.1 Å². The Morgan fingerprint density at radius 3 is 2.44 bits per heavy atom. The van der Waals surface area contributed by atoms with Crippen LogP contribution in [0, 0.1) is 6.92 Å². The van der Waals surface area contributed by atoms with Crippen LogP contribution in [0.25, 0.3) is 5.69 Å². The van der Waals surface area contributed by atoms with Crippen molar-refractivity contribution < 1.29 is 32.5 Å². The Labute approximate surface area is 182 Å². The van der Waals surface area contributed by atoms with Crippen molar-refractivity contribution in [1.82, 2.24) is 15.0 Å². The molecule has 0 fully saturated rings. The molecule has 3 aromatic rings. The predicted molar refractivity (Wildman–Crippen MR) is 109 cm³/mol. The molecule has 170 valence electrons. The molecule has 7 nitrogen and oxygen atoms in total. The van der Waals surface area contributed by atoms with Crippen LogP contribution < -0.4 is 9.47 Å². The summed E-state index contributed by atoms with van der Waals surface area (Å²) >= 11 is 0. The molecule has 0 radical (unpaired) electrons. The van der Waals surface area contributed by atoms with Crippen molar-refractivity contribution >= 4 is 5.97 Å². The molecule has 0 bridgehead atoms. The monoisotopic (exact) mass is 449 g/mol. The number of carboxylic acid groups (broad SMARTS) is 1. The molecule has 0 saturated carbocycles. The Morgan fingerprint density at radius 1 is 1.09 bits per heavy atom. The van der Waals surface area contributed by atoms with Gasteiger partial charge in [0.1, 0.15) is 23.8 Å². The molecule has 0 aliphatic rings. The van der Waals surface area contributed by atoms with E-state index in [1.807, 2.05) is 6.92 Å². The van der Waals surface area contributed by atoms with Crippen molar-refractivity contribution in [3.63, 3.8) is 0 Å². The summed E-state index contributed by atoms with van der Waals surface area (Å²) in [6.07, 6.45) is -2.85. The fourth-order valence-corrected chi connectivity index (χ4v) is 2.98. The highest BCUT2D eigenvalue weighted by atomic mass is 19.4. The standard InChI is InChI=1S/C22H22F3N3O4/c1-3-4-15-11-18(31-13-21(29)30)9-10-20(15)32-12-19-14(2)26-28(27-19)17-7-5-16(6-8-17)22(23,24)25/h5-11H,3-4,12-13H2,1-2H3,(H,29,30). The number of carboxylic acids is 1. The molecule has 0 saturated heterocycles. The van der Waals surface area contributed by atoms with Crippen LogP contribution in [-0.4, -0.2) is 32.7 Å². The lowest BCUT2D eigenvalue weighted by Crippen LogP contribution is -2.09. The zero-order valence-electron chi connectivity index (χ0n) is 17.5. The van der Waals surface area contributed by atoms with Gasteiger partial charge in [-0.15, -0.1) is 5.10 Å². The first-order chi connectivity index (χ1) is 15.2. The number of ether oxygens (including phenoxy) is 2. The molecular weight excluding hydrogens is 427 g/mol. The smallest absolute Gasteiger partial charge is 0.416 e. The first-order valence-electron chi connectivity index (χ1n) is 9.88. The van der Waals surface area contributed by atoms with Gasteiger partial charge in [0.15, 0.2) is 6.61 Å². The number of rotatable bonds is 9. The molecule has 0 aliphatic carbocycles. The number of halogens is 3. The second kappa shape index (κ2) is 9.71. The molecule has 1 aromatic heterocycles. The fraction of sp³-hybridized carbons (Fsp3) is 0.318. The maximum Gasteiger partial charge on any atom is 0.416 e. The summed E-state index contributed by atoms with van der Waals surface area (Å²) in [6.45, 7) is 3.42. The highest BCUT2D eigenvalue weighted by Crippen LogP contribution is 2.30. The van der Waals surface area contributed by atoms with Crippen molar-refractivity contribution in [2.45, 2.75) is 39.5 Å². The summed E-state index contributed by atoms with van der Waals surface area (Å²) in [5, 5.41) is 17.4. The van der Waals surface area contributed by atoms with Crippen molar-refractivity contribution in [2.24, 2.45) is 0 Å². The van der Waals surface area contributed by atoms with Gasteiger partial charge in [-0.05, 0) is 61.4 Å². The van der Waals surface area contributed by atoms with Gasteiger partial charge < -0.3 is 14.6 Å². The lowest BCUT2D eigenvalue weighted by atomic mass is 10.1. The fourth-order valence-electron chi connectivity index (χ4n) is 2.98. The maximum atomic E-state index is 12.8. The topological polar surface area (TPSA) is 86.5 Å². The molecule has 0 unspecified atom stereocenters. The summed E-state index contributed by atoms with van der Waals surface area (Å²) in [4.78, 5) is 12.0. The molecule has 0 amide bonds. The maximum absolute atomic E-state index is 12.8. The number of aryl methyl sites for hydroxylation is 2. The Hall–Kier alpha value is -3.56. The van der Waals surface area contributed by atoms with Gasteiger partial charge in [-0.2, -0.15) is 23.1 Å². The molecule has 0 spiro atoms. The minimum atomic E-state index is -4.41. The average molecular weight is 449 g/mol. The summed E-state index contributed by atoms with van der Waals surface area (Å²) < 4.78 is 49.4. The quantitative estimate of drug-likeness (QED) is 0.514. The van der Waals surface area contributed by atoms with E-state index < -0.39 is 24.3 Å². The third-order valence-corrected chi connectivity index (χ3v) is 4.58. The molecule has 1 heterocycles. The normalized spacial score (nSPS) is 11.4. The van der Waals surface area contributed by atoms with Gasteiger partial charge in [0.2, 0.25) is 0 Å². The molecular formula is C22H22F3N3O4. The van der Waals surface area contributed by atoms with Crippen LogP contribution in [0.4, 0.5) is 13.2 Å². The summed E-state index contributed by atoms with van der Waals surface area (Å²) in [5.74, 6) is -0.0143. The van der Waals surface area contributed by atoms with Gasteiger partial charge in [-0.1, -0.05) is 13.3 Å². The summed E-state index contributed by atoms with van der Waals surface area (Å²) in [5.41, 5.74) is 1.65. The van der Waals surface area contributed by atoms with Crippen LogP contribution in [0.15, 0.2) is 42.5 Å². The molecule has 1 N–H and O–H groups in total. The number of benzene rings is 2. The minimum Gasteiger partial charge on any atom is -0.487 e. The molecule has 0 aliphatic heterocycles. The number of hydrogen-bond donors (Lipinski definition) is 1. The zero-order chi connectivity index (χ0) is 23.3. The van der Waals surface area contributed by atoms with E-state index in [1.165, 1.54) is 16.9 Å². The van der Waals surface area contributed by atoms with Gasteiger partial charge >= 0.3 is 12.1 Å². The predicted octanol–water partition coefficient (Wildman–Crippen LogP) is 4.59. The Morgan fingerprint density at radius 2 is 1.81 bits per heavy atom. The first kappa shape index (κ1) is 23.1. The van der Waals surface area contributed by atoms with E-state index in [0.29, 0.717) is 35.0 Å². The molecule has 0 atom stereocenters. The van der Waals surface area contributed by atoms with Crippen LogP contribution in [0.5, 0.6) is 11.5 Å². The Kier molecular flexibility index (Phi) is 7.01. The van der Waals surface area contributed by atoms with Crippen molar-refractivity contribution in [1.29, 1.82) is 0 Å². The third kappa shape index (κ3) is 5.77. The lowest BCUT2D eigenvalue weighted by Gasteiger charge is -2.12. The van der Waals surface area contributed by atoms with Gasteiger partial charge in [0.05, 0.1) is 16.9 Å². The van der Waals surface area contributed by atoms with Gasteiger partial charge in [-0.3, -0.25) is 0 Å². The van der Waals surface area contributed by atoms with E-state index in [9.17, 15) is 18.0 Å². The van der Waals surface area contributed by atoms with Gasteiger partial charge in [0, 0.05) is 0 Å². The molecule has 3 rings (SSSR count). The first-order valence-corrected chi connectivity index (χ1v) is 9.88. The highest BCUT2D eigenvalue weighted by molar-refractivity contribution is 5.68. The minimum absolute atomic E-state index is 0.110. The van der Waals surface area contributed by atoms with Gasteiger partial charge in [-0.25, -0.2) is 4.79 Å². The summed E-state index contributed by atoms with van der Waals surface area (Å²) in [6, 6.07) is 9.66. The van der Waals surface area contributed by atoms with Gasteiger partial charge in [0.25, 0.3) is 0 Å². The van der Waals surface area contributed by atoms with Crippen molar-refractivity contribution in [2.75, 3.05) is 6.61 Å². The third-order valence-electron chi connectivity index (χ3n) is 4.58. The second-order valence-electron chi connectivity index (χ2n) is 7.06. The van der Waals surface area contributed by atoms with E-state index in [2.05, 4.69) is 10.2 Å². The lowest BCUT2D eigenvalue weighted by molar-refractivity contribution is -0.139. The SMILES string of the molecule is CCCc1cc(OCC(=O)O)ccc1OCc1nn(-c2ccc(C(F)(F)F)cc2)nc1C. The number of hydrogen-bond acceptors (Lipinski definition) is 5. The van der Waals surface area contributed by atoms with Crippen molar-refractivity contribution in [3.8, 4) is 17.2 Å². The Balaban J connectivity index is 1.73. The number of aromatic nitrogens is 3. The van der Waals surface area contributed by atoms with E-state index in [4.69, 9.17) is 14.6 Å². The number of carbonyl (C=O) groups is 1. The number of alkyl halides is 3. The van der Waals surface area contributed by atoms with Crippen molar-refractivity contribution in [3.05, 3.63) is 65.0 Å². The van der Waals surface area contributed by atoms with Crippen LogP contribution in [-0.2, 0) is 24.0 Å². The van der Waals surface area contributed by atoms with E-state index >= 15 is 0 Å². The van der Waals surface area contributed by atoms with Crippen LogP contribution in [0.3, 0.4) is 0 Å². The molecule has 32 heavy (non-hydrogen) atoms. The van der Waals surface area contributed by atoms with Crippen LogP contribution >= 0.6 is 0 Å². The largest absolute Gasteiger partial charge is 0.487 e. The molecule has 10 heteroatoms.